The minimum absolute atomic E-state index is 0.00305. The number of hydrogen-bond acceptors (Lipinski definition) is 5. The van der Waals surface area contributed by atoms with Gasteiger partial charge in [0.05, 0.1) is 13.7 Å². The third-order valence-electron chi connectivity index (χ3n) is 5.53. The van der Waals surface area contributed by atoms with Crippen LogP contribution in [0.1, 0.15) is 12.8 Å². The van der Waals surface area contributed by atoms with Gasteiger partial charge in [-0.2, -0.15) is 0 Å². The molecule has 0 aromatic heterocycles. The number of benzene rings is 3. The predicted octanol–water partition coefficient (Wildman–Crippen LogP) is 5.00. The van der Waals surface area contributed by atoms with E-state index in [0.717, 1.165) is 54.6 Å². The largest absolute Gasteiger partial charge is 0.497 e. The summed E-state index contributed by atoms with van der Waals surface area (Å²) in [7, 11) is 1.67. The topological polar surface area (TPSA) is 62.8 Å². The Morgan fingerprint density at radius 2 is 1.44 bits per heavy atom. The molecule has 0 spiro atoms. The Labute approximate surface area is 189 Å². The molecule has 1 saturated heterocycles. The van der Waals surface area contributed by atoms with Gasteiger partial charge in [0.1, 0.15) is 17.2 Å². The summed E-state index contributed by atoms with van der Waals surface area (Å²) < 4.78 is 11.0. The normalized spacial score (nSPS) is 14.5. The number of para-hydroxylation sites is 1. The molecule has 166 valence electrons. The number of hydrogen-bond donors (Lipinski definition) is 2. The van der Waals surface area contributed by atoms with Crippen LogP contribution in [0.2, 0.25) is 0 Å². The van der Waals surface area contributed by atoms with Crippen LogP contribution >= 0.6 is 0 Å². The lowest BCUT2D eigenvalue weighted by molar-refractivity contribution is -0.117. The van der Waals surface area contributed by atoms with Crippen LogP contribution in [0.25, 0.3) is 0 Å². The Kier molecular flexibility index (Phi) is 7.25. The average Bonchev–Trinajstić information content (AvgIpc) is 2.83. The van der Waals surface area contributed by atoms with E-state index in [0.29, 0.717) is 12.6 Å². The Hall–Kier alpha value is -3.51. The fraction of sp³-hybridized carbons (Fsp3) is 0.269. The minimum atomic E-state index is 0.00305. The molecule has 1 amide bonds. The van der Waals surface area contributed by atoms with Crippen LogP contribution < -0.4 is 20.1 Å². The van der Waals surface area contributed by atoms with E-state index in [-0.39, 0.29) is 5.91 Å². The molecule has 1 fully saturated rings. The van der Waals surface area contributed by atoms with E-state index in [2.05, 4.69) is 15.5 Å². The van der Waals surface area contributed by atoms with E-state index in [1.165, 1.54) is 0 Å². The highest BCUT2D eigenvalue weighted by Crippen LogP contribution is 2.23. The van der Waals surface area contributed by atoms with Gasteiger partial charge in [-0.25, -0.2) is 0 Å². The van der Waals surface area contributed by atoms with E-state index < -0.39 is 0 Å². The molecular weight excluding hydrogens is 402 g/mol. The van der Waals surface area contributed by atoms with E-state index >= 15 is 0 Å². The van der Waals surface area contributed by atoms with E-state index in [1.54, 1.807) is 7.11 Å². The number of carbonyl (C=O) groups is 1. The summed E-state index contributed by atoms with van der Waals surface area (Å²) >= 11 is 0. The zero-order valence-electron chi connectivity index (χ0n) is 18.3. The van der Waals surface area contributed by atoms with Crippen LogP contribution in [0.5, 0.6) is 17.2 Å². The molecule has 1 heterocycles. The maximum atomic E-state index is 12.5. The van der Waals surface area contributed by atoms with Crippen molar-refractivity contribution in [1.29, 1.82) is 0 Å². The highest BCUT2D eigenvalue weighted by Gasteiger charge is 2.20. The second kappa shape index (κ2) is 10.7. The standard InChI is InChI=1S/C26H29N3O3/c1-31-23-11-7-20(8-12-23)27-22-15-17-29(18-16-22)19-26(30)28-21-9-13-25(14-10-21)32-24-5-3-2-4-6-24/h2-14,22,27H,15-19H2,1H3,(H,28,30). The van der Waals surface area contributed by atoms with Gasteiger partial charge in [0, 0.05) is 30.5 Å². The van der Waals surface area contributed by atoms with Crippen LogP contribution in [-0.4, -0.2) is 43.6 Å². The second-order valence-electron chi connectivity index (χ2n) is 7.91. The SMILES string of the molecule is COc1ccc(NC2CCN(CC(=O)Nc3ccc(Oc4ccccc4)cc3)CC2)cc1. The minimum Gasteiger partial charge on any atom is -0.497 e. The van der Waals surface area contributed by atoms with Crippen molar-refractivity contribution in [3.8, 4) is 17.2 Å². The Morgan fingerprint density at radius 1 is 0.844 bits per heavy atom. The highest BCUT2D eigenvalue weighted by molar-refractivity contribution is 5.92. The maximum absolute atomic E-state index is 12.5. The first kappa shape index (κ1) is 21.7. The van der Waals surface area contributed by atoms with Gasteiger partial charge in [0.2, 0.25) is 5.91 Å². The molecule has 4 rings (SSSR count). The third-order valence-corrected chi connectivity index (χ3v) is 5.53. The molecule has 3 aromatic rings. The molecule has 3 aromatic carbocycles. The molecule has 0 radical (unpaired) electrons. The Bertz CT molecular complexity index is 983. The summed E-state index contributed by atoms with van der Waals surface area (Å²) in [4.78, 5) is 14.7. The number of likely N-dealkylation sites (tertiary alicyclic amines) is 1. The van der Waals surface area contributed by atoms with Gasteiger partial charge >= 0.3 is 0 Å². The fourth-order valence-corrected chi connectivity index (χ4v) is 3.79. The van der Waals surface area contributed by atoms with Gasteiger partial charge in [-0.05, 0) is 73.5 Å². The predicted molar refractivity (Wildman–Crippen MR) is 128 cm³/mol. The van der Waals surface area contributed by atoms with Crippen molar-refractivity contribution in [2.24, 2.45) is 0 Å². The quantitative estimate of drug-likeness (QED) is 0.525. The van der Waals surface area contributed by atoms with Crippen LogP contribution in [0, 0.1) is 0 Å². The molecular formula is C26H29N3O3. The van der Waals surface area contributed by atoms with Crippen molar-refractivity contribution in [2.45, 2.75) is 18.9 Å². The molecule has 2 N–H and O–H groups in total. The van der Waals surface area contributed by atoms with Crippen LogP contribution in [0.3, 0.4) is 0 Å². The zero-order chi connectivity index (χ0) is 22.2. The van der Waals surface area contributed by atoms with Gasteiger partial charge < -0.3 is 20.1 Å². The summed E-state index contributed by atoms with van der Waals surface area (Å²) in [6, 6.07) is 25.5. The smallest absolute Gasteiger partial charge is 0.238 e. The van der Waals surface area contributed by atoms with Crippen molar-refractivity contribution < 1.29 is 14.3 Å². The van der Waals surface area contributed by atoms with Crippen molar-refractivity contribution in [1.82, 2.24) is 4.90 Å². The molecule has 32 heavy (non-hydrogen) atoms. The maximum Gasteiger partial charge on any atom is 0.238 e. The van der Waals surface area contributed by atoms with E-state index in [9.17, 15) is 4.79 Å². The van der Waals surface area contributed by atoms with Crippen molar-refractivity contribution in [3.05, 3.63) is 78.9 Å². The number of nitrogens with one attached hydrogen (secondary N) is 2. The summed E-state index contributed by atoms with van der Waals surface area (Å²) in [6.07, 6.45) is 2.01. The molecule has 6 nitrogen and oxygen atoms in total. The first-order chi connectivity index (χ1) is 15.7. The highest BCUT2D eigenvalue weighted by atomic mass is 16.5. The molecule has 1 aliphatic rings. The number of amides is 1. The Balaban J connectivity index is 1.19. The zero-order valence-corrected chi connectivity index (χ0v) is 18.3. The number of anilines is 2. The number of ether oxygens (including phenoxy) is 2. The first-order valence-corrected chi connectivity index (χ1v) is 10.9. The van der Waals surface area contributed by atoms with Gasteiger partial charge in [0.15, 0.2) is 0 Å². The van der Waals surface area contributed by atoms with Crippen molar-refractivity contribution >= 4 is 17.3 Å². The van der Waals surface area contributed by atoms with E-state index in [4.69, 9.17) is 9.47 Å². The van der Waals surface area contributed by atoms with Gasteiger partial charge in [-0.3, -0.25) is 9.69 Å². The summed E-state index contributed by atoms with van der Waals surface area (Å²) in [5.41, 5.74) is 1.87. The number of methoxy groups -OCH3 is 1. The lowest BCUT2D eigenvalue weighted by Crippen LogP contribution is -2.42. The lowest BCUT2D eigenvalue weighted by atomic mass is 10.0. The Morgan fingerprint density at radius 3 is 2.09 bits per heavy atom. The van der Waals surface area contributed by atoms with Gasteiger partial charge in [0.25, 0.3) is 0 Å². The van der Waals surface area contributed by atoms with Crippen LogP contribution in [-0.2, 0) is 4.79 Å². The number of piperidine rings is 1. The molecule has 0 aliphatic carbocycles. The molecule has 1 aliphatic heterocycles. The molecule has 0 unspecified atom stereocenters. The van der Waals surface area contributed by atoms with Gasteiger partial charge in [-0.1, -0.05) is 18.2 Å². The first-order valence-electron chi connectivity index (χ1n) is 10.9. The average molecular weight is 432 g/mol. The number of nitrogens with zero attached hydrogens (tertiary/aromatic N) is 1. The number of rotatable bonds is 8. The summed E-state index contributed by atoms with van der Waals surface area (Å²) in [5, 5.41) is 6.55. The summed E-state index contributed by atoms with van der Waals surface area (Å²) in [6.45, 7) is 2.19. The van der Waals surface area contributed by atoms with Gasteiger partial charge in [-0.15, -0.1) is 0 Å². The molecule has 0 atom stereocenters. The second-order valence-corrected chi connectivity index (χ2v) is 7.91. The van der Waals surface area contributed by atoms with Crippen molar-refractivity contribution in [3.63, 3.8) is 0 Å². The van der Waals surface area contributed by atoms with Crippen LogP contribution in [0.15, 0.2) is 78.9 Å². The monoisotopic (exact) mass is 431 g/mol. The van der Waals surface area contributed by atoms with Crippen LogP contribution in [0.4, 0.5) is 11.4 Å². The van der Waals surface area contributed by atoms with E-state index in [1.807, 2.05) is 78.9 Å². The third kappa shape index (κ3) is 6.25. The number of carbonyl (C=O) groups excluding carboxylic acids is 1. The molecule has 6 heteroatoms. The summed E-state index contributed by atoms with van der Waals surface area (Å²) in [5.74, 6) is 2.38. The van der Waals surface area contributed by atoms with Crippen molar-refractivity contribution in [2.75, 3.05) is 37.4 Å². The fourth-order valence-electron chi connectivity index (χ4n) is 3.79. The molecule has 0 saturated carbocycles. The molecule has 0 bridgehead atoms. The lowest BCUT2D eigenvalue weighted by Gasteiger charge is -2.32.